The molecule has 14 rings (SSSR count). The van der Waals surface area contributed by atoms with Crippen molar-refractivity contribution in [1.82, 2.24) is 13.7 Å². The van der Waals surface area contributed by atoms with E-state index in [9.17, 15) is 10.5 Å². The molecule has 5 nitrogen and oxygen atoms in total. The van der Waals surface area contributed by atoms with E-state index in [4.69, 9.17) is 0 Å². The first-order valence-corrected chi connectivity index (χ1v) is 23.1. The van der Waals surface area contributed by atoms with Crippen LogP contribution in [-0.4, -0.2) is 13.7 Å². The second kappa shape index (κ2) is 13.9. The molecule has 0 atom stereocenters. The van der Waals surface area contributed by atoms with E-state index >= 15 is 0 Å². The molecule has 1 aliphatic rings. The average molecular weight is 866 g/mol. The van der Waals surface area contributed by atoms with Crippen LogP contribution < -0.4 is 0 Å². The molecule has 0 unspecified atom stereocenters. The highest BCUT2D eigenvalue weighted by atomic mass is 15.1. The smallest absolute Gasteiger partial charge is 0.104 e. The van der Waals surface area contributed by atoms with Crippen molar-refractivity contribution >= 4 is 76.2 Å². The SMILES string of the molecule is CC1(C)c2ccccc2-c2cc(-c3c(-n4c5ccccc5c5ccccc54)c(C#N)c(-n4c5ccccc5c5ccc6ccccc6c54)c(C#N)c3-n3c4ccccc4c4ccccc43)ccc21. The molecule has 3 heterocycles. The van der Waals surface area contributed by atoms with Gasteiger partial charge in [-0.3, -0.25) is 0 Å². The van der Waals surface area contributed by atoms with Gasteiger partial charge in [-0.15, -0.1) is 0 Å². The molecular formula is C63H39N5. The van der Waals surface area contributed by atoms with Crippen LogP contribution in [0.1, 0.15) is 36.1 Å². The summed E-state index contributed by atoms with van der Waals surface area (Å²) >= 11 is 0. The van der Waals surface area contributed by atoms with Gasteiger partial charge in [0, 0.05) is 48.7 Å². The molecule has 13 aromatic rings. The molecule has 0 spiro atoms. The Hall–Kier alpha value is -9.16. The minimum absolute atomic E-state index is 0.228. The maximum absolute atomic E-state index is 12.3. The Morgan fingerprint density at radius 3 is 1.32 bits per heavy atom. The summed E-state index contributed by atoms with van der Waals surface area (Å²) in [5.41, 5.74) is 14.9. The fourth-order valence-electron chi connectivity index (χ4n) is 12.0. The van der Waals surface area contributed by atoms with Crippen molar-refractivity contribution in [3.05, 3.63) is 222 Å². The van der Waals surface area contributed by atoms with Crippen LogP contribution >= 0.6 is 0 Å². The number of fused-ring (bicyclic) bond motifs is 14. The van der Waals surface area contributed by atoms with Gasteiger partial charge in [0.2, 0.25) is 0 Å². The van der Waals surface area contributed by atoms with E-state index in [1.165, 1.54) is 16.7 Å². The molecule has 10 aromatic carbocycles. The lowest BCUT2D eigenvalue weighted by molar-refractivity contribution is 0.660. The van der Waals surface area contributed by atoms with Crippen molar-refractivity contribution in [2.24, 2.45) is 0 Å². The molecule has 0 N–H and O–H groups in total. The quantitative estimate of drug-likeness (QED) is 0.177. The summed E-state index contributed by atoms with van der Waals surface area (Å²) in [6.45, 7) is 4.60. The fraction of sp³-hybridized carbons (Fsp3) is 0.0476. The second-order valence-corrected chi connectivity index (χ2v) is 18.6. The molecule has 0 fully saturated rings. The summed E-state index contributed by atoms with van der Waals surface area (Å²) in [7, 11) is 0. The van der Waals surface area contributed by atoms with E-state index < -0.39 is 0 Å². The molecule has 0 amide bonds. The van der Waals surface area contributed by atoms with Gasteiger partial charge in [0.1, 0.15) is 23.3 Å². The molecule has 3 aromatic heterocycles. The van der Waals surface area contributed by atoms with E-state index in [0.29, 0.717) is 28.2 Å². The van der Waals surface area contributed by atoms with Crippen LogP contribution in [0.25, 0.3) is 116 Å². The van der Waals surface area contributed by atoms with Gasteiger partial charge in [-0.25, -0.2) is 0 Å². The summed E-state index contributed by atoms with van der Waals surface area (Å²) in [5, 5.41) is 33.1. The van der Waals surface area contributed by atoms with Crippen LogP contribution in [-0.2, 0) is 5.41 Å². The highest BCUT2D eigenvalue weighted by Gasteiger charge is 2.37. The maximum atomic E-state index is 12.3. The zero-order valence-electron chi connectivity index (χ0n) is 37.3. The minimum Gasteiger partial charge on any atom is -0.307 e. The number of aromatic nitrogens is 3. The Kier molecular flexibility index (Phi) is 7.81. The second-order valence-electron chi connectivity index (χ2n) is 18.6. The lowest BCUT2D eigenvalue weighted by Gasteiger charge is -2.27. The van der Waals surface area contributed by atoms with E-state index in [1.807, 2.05) is 0 Å². The maximum Gasteiger partial charge on any atom is 0.104 e. The molecule has 0 radical (unpaired) electrons. The number of nitriles is 2. The average Bonchev–Trinajstić information content (AvgIpc) is 4.09. The zero-order valence-corrected chi connectivity index (χ0v) is 37.3. The lowest BCUT2D eigenvalue weighted by Crippen LogP contribution is -2.15. The highest BCUT2D eigenvalue weighted by Crippen LogP contribution is 2.53. The Balaban J connectivity index is 1.29. The zero-order chi connectivity index (χ0) is 45.4. The first kappa shape index (κ1) is 38.1. The van der Waals surface area contributed by atoms with E-state index in [2.05, 4.69) is 240 Å². The third-order valence-corrected chi connectivity index (χ3v) is 14.9. The predicted octanol–water partition coefficient (Wildman–Crippen LogP) is 15.8. The molecule has 5 heteroatoms. The van der Waals surface area contributed by atoms with Gasteiger partial charge in [0.15, 0.2) is 0 Å². The first-order valence-electron chi connectivity index (χ1n) is 23.1. The van der Waals surface area contributed by atoms with Crippen molar-refractivity contribution in [3.63, 3.8) is 0 Å². The third kappa shape index (κ3) is 4.92. The normalized spacial score (nSPS) is 12.9. The monoisotopic (exact) mass is 865 g/mol. The van der Waals surface area contributed by atoms with Gasteiger partial charge in [0.25, 0.3) is 0 Å². The summed E-state index contributed by atoms with van der Waals surface area (Å²) in [6.07, 6.45) is 0. The third-order valence-electron chi connectivity index (χ3n) is 14.9. The summed E-state index contributed by atoms with van der Waals surface area (Å²) < 4.78 is 6.83. The van der Waals surface area contributed by atoms with E-state index in [1.54, 1.807) is 0 Å². The van der Waals surface area contributed by atoms with E-state index in [0.717, 1.165) is 92.9 Å². The Morgan fingerprint density at radius 1 is 0.368 bits per heavy atom. The summed E-state index contributed by atoms with van der Waals surface area (Å²) in [6, 6.07) is 76.5. The molecule has 0 bridgehead atoms. The van der Waals surface area contributed by atoms with Gasteiger partial charge >= 0.3 is 0 Å². The number of para-hydroxylation sites is 5. The number of hydrogen-bond acceptors (Lipinski definition) is 2. The van der Waals surface area contributed by atoms with Crippen molar-refractivity contribution in [2.75, 3.05) is 0 Å². The Labute approximate surface area is 391 Å². The summed E-state index contributed by atoms with van der Waals surface area (Å²) in [4.78, 5) is 0. The minimum atomic E-state index is -0.228. The lowest BCUT2D eigenvalue weighted by atomic mass is 9.82. The van der Waals surface area contributed by atoms with Crippen LogP contribution in [0.2, 0.25) is 0 Å². The van der Waals surface area contributed by atoms with E-state index in [-0.39, 0.29) is 5.41 Å². The predicted molar refractivity (Wildman–Crippen MR) is 279 cm³/mol. The van der Waals surface area contributed by atoms with Gasteiger partial charge in [-0.2, -0.15) is 10.5 Å². The van der Waals surface area contributed by atoms with Crippen LogP contribution in [0.3, 0.4) is 0 Å². The number of rotatable bonds is 4. The van der Waals surface area contributed by atoms with Crippen molar-refractivity contribution in [1.29, 1.82) is 10.5 Å². The largest absolute Gasteiger partial charge is 0.307 e. The standard InChI is InChI=1S/C63H39N5/c1-63(2)51-25-11-5-19-41(51)48-35-39(32-34-52(48)63)58-61(66-53-26-12-6-20-42(53)43-21-7-13-27-54(43)66)49(36-64)60(50(37-65)62(58)67-55-28-14-8-22-44(55)45-23-9-15-29-56(45)67)68-57-30-16-10-24-46(57)47-33-31-38-17-3-4-18-40(38)59(47)68/h3-35H,1-2H3. The number of benzene rings is 10. The molecule has 0 saturated heterocycles. The van der Waals surface area contributed by atoms with Crippen molar-refractivity contribution in [2.45, 2.75) is 19.3 Å². The van der Waals surface area contributed by atoms with Crippen molar-refractivity contribution < 1.29 is 0 Å². The summed E-state index contributed by atoms with van der Waals surface area (Å²) in [5.74, 6) is 0. The number of nitrogens with zero attached hydrogens (tertiary/aromatic N) is 5. The topological polar surface area (TPSA) is 62.4 Å². The van der Waals surface area contributed by atoms with Crippen molar-refractivity contribution in [3.8, 4) is 51.5 Å². The highest BCUT2D eigenvalue weighted by molar-refractivity contribution is 6.20. The Morgan fingerprint density at radius 2 is 0.794 bits per heavy atom. The van der Waals surface area contributed by atoms with Crippen LogP contribution in [0, 0.1) is 22.7 Å². The van der Waals surface area contributed by atoms with Crippen LogP contribution in [0.15, 0.2) is 200 Å². The molecule has 1 aliphatic carbocycles. The van der Waals surface area contributed by atoms with Gasteiger partial charge in [-0.05, 0) is 69.6 Å². The Bertz CT molecular complexity index is 4180. The van der Waals surface area contributed by atoms with Gasteiger partial charge < -0.3 is 13.7 Å². The number of hydrogen-bond donors (Lipinski definition) is 0. The molecular weight excluding hydrogens is 827 g/mol. The fourth-order valence-corrected chi connectivity index (χ4v) is 12.0. The molecule has 316 valence electrons. The van der Waals surface area contributed by atoms with Crippen LogP contribution in [0.4, 0.5) is 0 Å². The molecule has 68 heavy (non-hydrogen) atoms. The molecule has 0 aliphatic heterocycles. The van der Waals surface area contributed by atoms with Gasteiger partial charge in [0.05, 0.1) is 50.2 Å². The first-order chi connectivity index (χ1) is 33.5. The van der Waals surface area contributed by atoms with Crippen LogP contribution in [0.5, 0.6) is 0 Å². The van der Waals surface area contributed by atoms with Gasteiger partial charge in [-0.1, -0.05) is 178 Å². The molecule has 0 saturated carbocycles.